The van der Waals surface area contributed by atoms with Gasteiger partial charge in [-0.1, -0.05) is 13.3 Å². The fourth-order valence-corrected chi connectivity index (χ4v) is 2.19. The summed E-state index contributed by atoms with van der Waals surface area (Å²) in [5, 5.41) is 3.47. The number of carbonyl (C=O) groups is 1. The van der Waals surface area contributed by atoms with E-state index in [-0.39, 0.29) is 12.1 Å². The molecule has 1 N–H and O–H groups in total. The molecule has 0 spiro atoms. The molecule has 0 aliphatic carbocycles. The van der Waals surface area contributed by atoms with Crippen molar-refractivity contribution in [2.75, 3.05) is 13.1 Å². The van der Waals surface area contributed by atoms with Crippen LogP contribution in [0.5, 0.6) is 0 Å². The fraction of sp³-hybridized carbons (Fsp3) is 0.923. The van der Waals surface area contributed by atoms with Crippen LogP contribution in [-0.4, -0.2) is 41.8 Å². The highest BCUT2D eigenvalue weighted by molar-refractivity contribution is 5.68. The molecule has 2 atom stereocenters. The molecule has 1 aliphatic rings. The molecule has 100 valence electrons. The lowest BCUT2D eigenvalue weighted by Gasteiger charge is -2.40. The second-order valence-electron chi connectivity index (χ2n) is 5.76. The van der Waals surface area contributed by atoms with E-state index in [0.717, 1.165) is 25.9 Å². The molecule has 0 bridgehead atoms. The van der Waals surface area contributed by atoms with Gasteiger partial charge < -0.3 is 15.0 Å². The van der Waals surface area contributed by atoms with Crippen LogP contribution in [0.3, 0.4) is 0 Å². The average Bonchev–Trinajstić information content (AvgIpc) is 2.18. The minimum absolute atomic E-state index is 0.187. The summed E-state index contributed by atoms with van der Waals surface area (Å²) >= 11 is 0. The number of nitrogens with zero attached hydrogens (tertiary/aromatic N) is 1. The Hall–Kier alpha value is -0.770. The van der Waals surface area contributed by atoms with Gasteiger partial charge in [-0.05, 0) is 34.1 Å². The summed E-state index contributed by atoms with van der Waals surface area (Å²) in [5.74, 6) is 0. The van der Waals surface area contributed by atoms with E-state index in [1.165, 1.54) is 0 Å². The molecule has 0 saturated carbocycles. The molecule has 0 aromatic heterocycles. The summed E-state index contributed by atoms with van der Waals surface area (Å²) in [7, 11) is 0. The molecule has 1 fully saturated rings. The largest absolute Gasteiger partial charge is 0.444 e. The van der Waals surface area contributed by atoms with Crippen LogP contribution in [-0.2, 0) is 4.74 Å². The highest BCUT2D eigenvalue weighted by Crippen LogP contribution is 2.17. The molecule has 1 rings (SSSR count). The monoisotopic (exact) mass is 242 g/mol. The lowest BCUT2D eigenvalue weighted by atomic mass is 10.0. The van der Waals surface area contributed by atoms with Crippen LogP contribution in [0.4, 0.5) is 4.79 Å². The van der Waals surface area contributed by atoms with Crippen molar-refractivity contribution in [3.05, 3.63) is 0 Å². The quantitative estimate of drug-likeness (QED) is 0.808. The second-order valence-corrected chi connectivity index (χ2v) is 5.76. The molecule has 1 aliphatic heterocycles. The van der Waals surface area contributed by atoms with E-state index in [1.54, 1.807) is 0 Å². The van der Waals surface area contributed by atoms with Gasteiger partial charge in [0.1, 0.15) is 5.60 Å². The number of piperazine rings is 1. The van der Waals surface area contributed by atoms with Crippen LogP contribution >= 0.6 is 0 Å². The van der Waals surface area contributed by atoms with Gasteiger partial charge in [0.15, 0.2) is 0 Å². The van der Waals surface area contributed by atoms with E-state index in [4.69, 9.17) is 4.74 Å². The molecule has 4 heteroatoms. The first-order valence-electron chi connectivity index (χ1n) is 6.58. The Balaban J connectivity index is 2.60. The number of hydrogen-bond donors (Lipinski definition) is 1. The van der Waals surface area contributed by atoms with Crippen LogP contribution < -0.4 is 5.32 Å². The molecule has 0 aromatic carbocycles. The highest BCUT2D eigenvalue weighted by atomic mass is 16.6. The van der Waals surface area contributed by atoms with Gasteiger partial charge in [-0.15, -0.1) is 0 Å². The van der Waals surface area contributed by atoms with Crippen molar-refractivity contribution in [2.24, 2.45) is 0 Å². The standard InChI is InChI=1S/C13H26N2O2/c1-6-7-11-10(2)15(9-8-14-11)12(16)17-13(3,4)5/h10-11,14H,6-9H2,1-5H3. The Labute approximate surface area is 105 Å². The van der Waals surface area contributed by atoms with Crippen molar-refractivity contribution in [3.8, 4) is 0 Å². The maximum atomic E-state index is 12.0. The van der Waals surface area contributed by atoms with Crippen molar-refractivity contribution >= 4 is 6.09 Å². The fourth-order valence-electron chi connectivity index (χ4n) is 2.19. The van der Waals surface area contributed by atoms with Crippen LogP contribution in [0.1, 0.15) is 47.5 Å². The van der Waals surface area contributed by atoms with Crippen molar-refractivity contribution < 1.29 is 9.53 Å². The Kier molecular flexibility index (Phi) is 4.80. The van der Waals surface area contributed by atoms with Crippen molar-refractivity contribution in [1.82, 2.24) is 10.2 Å². The number of ether oxygens (including phenoxy) is 1. The molecular formula is C13H26N2O2. The molecule has 0 aromatic rings. The van der Waals surface area contributed by atoms with Crippen LogP contribution in [0.25, 0.3) is 0 Å². The summed E-state index contributed by atoms with van der Waals surface area (Å²) in [4.78, 5) is 13.9. The van der Waals surface area contributed by atoms with E-state index in [1.807, 2.05) is 25.7 Å². The summed E-state index contributed by atoms with van der Waals surface area (Å²) in [6.07, 6.45) is 2.04. The van der Waals surface area contributed by atoms with E-state index in [0.29, 0.717) is 6.04 Å². The van der Waals surface area contributed by atoms with Gasteiger partial charge in [-0.25, -0.2) is 4.79 Å². The van der Waals surface area contributed by atoms with E-state index >= 15 is 0 Å². The summed E-state index contributed by atoms with van der Waals surface area (Å²) in [6, 6.07) is 0.597. The molecule has 2 unspecified atom stereocenters. The maximum Gasteiger partial charge on any atom is 0.410 e. The molecule has 17 heavy (non-hydrogen) atoms. The van der Waals surface area contributed by atoms with Gasteiger partial charge in [0.2, 0.25) is 0 Å². The number of carbonyl (C=O) groups excluding carboxylic acids is 1. The lowest BCUT2D eigenvalue weighted by Crippen LogP contribution is -2.58. The van der Waals surface area contributed by atoms with Gasteiger partial charge >= 0.3 is 6.09 Å². The topological polar surface area (TPSA) is 41.6 Å². The zero-order valence-corrected chi connectivity index (χ0v) is 11.7. The zero-order valence-electron chi connectivity index (χ0n) is 11.7. The van der Waals surface area contributed by atoms with Gasteiger partial charge in [-0.3, -0.25) is 0 Å². The number of nitrogens with one attached hydrogen (secondary N) is 1. The second kappa shape index (κ2) is 5.71. The molecule has 1 saturated heterocycles. The Bertz CT molecular complexity index is 259. The van der Waals surface area contributed by atoms with E-state index < -0.39 is 5.60 Å². The van der Waals surface area contributed by atoms with Crippen LogP contribution in [0.15, 0.2) is 0 Å². The summed E-state index contributed by atoms with van der Waals surface area (Å²) < 4.78 is 5.43. The smallest absolute Gasteiger partial charge is 0.410 e. The van der Waals surface area contributed by atoms with Gasteiger partial charge in [0.25, 0.3) is 0 Å². The Morgan fingerprint density at radius 3 is 2.65 bits per heavy atom. The predicted molar refractivity (Wildman–Crippen MR) is 69.1 cm³/mol. The summed E-state index contributed by atoms with van der Waals surface area (Å²) in [6.45, 7) is 11.6. The molecule has 0 radical (unpaired) electrons. The number of rotatable bonds is 2. The van der Waals surface area contributed by atoms with Gasteiger partial charge in [0, 0.05) is 25.2 Å². The molecule has 1 heterocycles. The first kappa shape index (κ1) is 14.3. The summed E-state index contributed by atoms with van der Waals surface area (Å²) in [5.41, 5.74) is -0.415. The van der Waals surface area contributed by atoms with E-state index in [2.05, 4.69) is 19.2 Å². The maximum absolute atomic E-state index is 12.0. The first-order chi connectivity index (χ1) is 7.85. The molecule has 4 nitrogen and oxygen atoms in total. The molecular weight excluding hydrogens is 216 g/mol. The van der Waals surface area contributed by atoms with Crippen molar-refractivity contribution in [3.63, 3.8) is 0 Å². The van der Waals surface area contributed by atoms with Gasteiger partial charge in [-0.2, -0.15) is 0 Å². The third-order valence-electron chi connectivity index (χ3n) is 3.06. The minimum Gasteiger partial charge on any atom is -0.444 e. The third kappa shape index (κ3) is 4.19. The van der Waals surface area contributed by atoms with Gasteiger partial charge in [0.05, 0.1) is 0 Å². The van der Waals surface area contributed by atoms with Crippen molar-refractivity contribution in [2.45, 2.75) is 65.1 Å². The molecule has 1 amide bonds. The van der Waals surface area contributed by atoms with Crippen LogP contribution in [0.2, 0.25) is 0 Å². The lowest BCUT2D eigenvalue weighted by molar-refractivity contribution is 0.00769. The predicted octanol–water partition coefficient (Wildman–Crippen LogP) is 2.38. The van der Waals surface area contributed by atoms with E-state index in [9.17, 15) is 4.79 Å². The Morgan fingerprint density at radius 1 is 1.47 bits per heavy atom. The SMILES string of the molecule is CCCC1NCCN(C(=O)OC(C)(C)C)C1C. The Morgan fingerprint density at radius 2 is 2.12 bits per heavy atom. The number of hydrogen-bond acceptors (Lipinski definition) is 3. The first-order valence-corrected chi connectivity index (χ1v) is 6.58. The third-order valence-corrected chi connectivity index (χ3v) is 3.06. The average molecular weight is 242 g/mol. The zero-order chi connectivity index (χ0) is 13.1. The highest BCUT2D eigenvalue weighted by Gasteiger charge is 2.32. The van der Waals surface area contributed by atoms with Crippen molar-refractivity contribution in [1.29, 1.82) is 0 Å². The number of amides is 1. The van der Waals surface area contributed by atoms with Crippen LogP contribution in [0, 0.1) is 0 Å². The minimum atomic E-state index is -0.415. The normalized spacial score (nSPS) is 25.8.